The van der Waals surface area contributed by atoms with Crippen LogP contribution in [-0.4, -0.2) is 60.2 Å². The molecule has 2 aliphatic rings. The van der Waals surface area contributed by atoms with E-state index in [9.17, 15) is 14.4 Å². The first-order chi connectivity index (χ1) is 10.6. The Hall–Kier alpha value is -2.21. The molecule has 1 aliphatic carbocycles. The number of nitrogens with one attached hydrogen (secondary N) is 1. The van der Waals surface area contributed by atoms with Crippen molar-refractivity contribution in [2.24, 2.45) is 0 Å². The molecule has 1 N–H and O–H groups in total. The second kappa shape index (κ2) is 5.88. The first-order valence-corrected chi connectivity index (χ1v) is 7.50. The number of imide groups is 1. The zero-order chi connectivity index (χ0) is 15.7. The van der Waals surface area contributed by atoms with Gasteiger partial charge in [-0.15, -0.1) is 0 Å². The third-order valence-corrected chi connectivity index (χ3v) is 4.14. The van der Waals surface area contributed by atoms with E-state index < -0.39 is 11.8 Å². The van der Waals surface area contributed by atoms with Gasteiger partial charge >= 0.3 is 0 Å². The maximum atomic E-state index is 12.1. The van der Waals surface area contributed by atoms with Crippen molar-refractivity contribution in [1.82, 2.24) is 15.1 Å². The van der Waals surface area contributed by atoms with Crippen LogP contribution in [0.1, 0.15) is 33.6 Å². The Bertz CT molecular complexity index is 590. The van der Waals surface area contributed by atoms with Crippen LogP contribution >= 0.6 is 0 Å². The van der Waals surface area contributed by atoms with Crippen molar-refractivity contribution in [3.05, 3.63) is 35.4 Å². The summed E-state index contributed by atoms with van der Waals surface area (Å²) in [6, 6.07) is 7.28. The molecule has 1 aliphatic heterocycles. The summed E-state index contributed by atoms with van der Waals surface area (Å²) in [4.78, 5) is 39.4. The summed E-state index contributed by atoms with van der Waals surface area (Å²) < 4.78 is 0. The van der Waals surface area contributed by atoms with Gasteiger partial charge in [0, 0.05) is 19.1 Å². The highest BCUT2D eigenvalue weighted by molar-refractivity contribution is 6.22. The largest absolute Gasteiger partial charge is 0.353 e. The van der Waals surface area contributed by atoms with Gasteiger partial charge in [-0.3, -0.25) is 19.3 Å². The molecule has 0 spiro atoms. The van der Waals surface area contributed by atoms with Crippen molar-refractivity contribution in [3.8, 4) is 0 Å². The molecule has 22 heavy (non-hydrogen) atoms. The van der Waals surface area contributed by atoms with Gasteiger partial charge in [0.1, 0.15) is 6.54 Å². The Balaban J connectivity index is 1.52. The van der Waals surface area contributed by atoms with Crippen LogP contribution in [0.25, 0.3) is 0 Å². The van der Waals surface area contributed by atoms with Crippen LogP contribution in [0.3, 0.4) is 0 Å². The van der Waals surface area contributed by atoms with Crippen molar-refractivity contribution in [1.29, 1.82) is 0 Å². The third-order valence-electron chi connectivity index (χ3n) is 4.14. The summed E-state index contributed by atoms with van der Waals surface area (Å²) in [7, 11) is 2.04. The Morgan fingerprint density at radius 1 is 1.23 bits per heavy atom. The zero-order valence-corrected chi connectivity index (χ0v) is 12.5. The molecule has 0 aromatic heterocycles. The number of amides is 3. The Labute approximate surface area is 129 Å². The van der Waals surface area contributed by atoms with Gasteiger partial charge in [0.15, 0.2) is 0 Å². The summed E-state index contributed by atoms with van der Waals surface area (Å²) in [5.74, 6) is -1.10. The van der Waals surface area contributed by atoms with Gasteiger partial charge in [-0.25, -0.2) is 0 Å². The average molecular weight is 301 g/mol. The molecule has 6 nitrogen and oxygen atoms in total. The van der Waals surface area contributed by atoms with E-state index in [1.807, 2.05) is 7.05 Å². The molecule has 1 aromatic carbocycles. The molecule has 1 saturated carbocycles. The Kier molecular flexibility index (Phi) is 3.94. The lowest BCUT2D eigenvalue weighted by Gasteiger charge is -2.17. The maximum absolute atomic E-state index is 12.1. The fourth-order valence-electron chi connectivity index (χ4n) is 2.65. The van der Waals surface area contributed by atoms with Crippen molar-refractivity contribution >= 4 is 17.7 Å². The van der Waals surface area contributed by atoms with Crippen LogP contribution in [-0.2, 0) is 4.79 Å². The molecule has 3 amide bonds. The highest BCUT2D eigenvalue weighted by Gasteiger charge is 2.36. The van der Waals surface area contributed by atoms with Crippen LogP contribution in [0.4, 0.5) is 0 Å². The Morgan fingerprint density at radius 3 is 2.36 bits per heavy atom. The molecular formula is C16H19N3O3. The van der Waals surface area contributed by atoms with Gasteiger partial charge in [-0.05, 0) is 32.0 Å². The number of nitrogens with zero attached hydrogens (tertiary/aromatic N) is 2. The van der Waals surface area contributed by atoms with Gasteiger partial charge < -0.3 is 10.2 Å². The highest BCUT2D eigenvalue weighted by atomic mass is 16.2. The molecule has 116 valence electrons. The van der Waals surface area contributed by atoms with Crippen molar-refractivity contribution in [2.45, 2.75) is 18.9 Å². The van der Waals surface area contributed by atoms with Crippen molar-refractivity contribution in [2.75, 3.05) is 26.7 Å². The van der Waals surface area contributed by atoms with E-state index in [2.05, 4.69) is 10.2 Å². The lowest BCUT2D eigenvalue weighted by Crippen LogP contribution is -2.42. The standard InChI is InChI=1S/C16H19N3O3/c1-18(11-6-7-11)9-8-17-14(20)10-19-15(21)12-4-2-3-5-13(12)16(19)22/h2-5,11H,6-10H2,1H3,(H,17,20). The zero-order valence-electron chi connectivity index (χ0n) is 12.5. The predicted octanol–water partition coefficient (Wildman–Crippen LogP) is 0.493. The van der Waals surface area contributed by atoms with Crippen molar-refractivity contribution < 1.29 is 14.4 Å². The van der Waals surface area contributed by atoms with Gasteiger partial charge in [0.2, 0.25) is 5.91 Å². The normalized spacial score (nSPS) is 17.1. The fourth-order valence-corrected chi connectivity index (χ4v) is 2.65. The topological polar surface area (TPSA) is 69.7 Å². The molecule has 1 fully saturated rings. The number of hydrogen-bond donors (Lipinski definition) is 1. The molecular weight excluding hydrogens is 282 g/mol. The van der Waals surface area contributed by atoms with Crippen LogP contribution in [0.15, 0.2) is 24.3 Å². The number of likely N-dealkylation sites (N-methyl/N-ethyl adjacent to an activating group) is 1. The highest BCUT2D eigenvalue weighted by Crippen LogP contribution is 2.24. The first-order valence-electron chi connectivity index (χ1n) is 7.50. The second-order valence-electron chi connectivity index (χ2n) is 5.80. The second-order valence-corrected chi connectivity index (χ2v) is 5.80. The molecule has 6 heteroatoms. The Morgan fingerprint density at radius 2 is 1.82 bits per heavy atom. The monoisotopic (exact) mass is 301 g/mol. The quantitative estimate of drug-likeness (QED) is 0.777. The molecule has 1 heterocycles. The van der Waals surface area contributed by atoms with E-state index in [0.717, 1.165) is 11.4 Å². The van der Waals surface area contributed by atoms with E-state index in [0.29, 0.717) is 23.7 Å². The van der Waals surface area contributed by atoms with Crippen LogP contribution in [0.5, 0.6) is 0 Å². The van der Waals surface area contributed by atoms with Gasteiger partial charge in [0.25, 0.3) is 11.8 Å². The number of hydrogen-bond acceptors (Lipinski definition) is 4. The minimum atomic E-state index is -0.397. The van der Waals surface area contributed by atoms with Gasteiger partial charge in [0.05, 0.1) is 11.1 Å². The summed E-state index contributed by atoms with van der Waals surface area (Å²) in [5, 5.41) is 2.76. The lowest BCUT2D eigenvalue weighted by molar-refractivity contribution is -0.121. The predicted molar refractivity (Wildman–Crippen MR) is 80.5 cm³/mol. The van der Waals surface area contributed by atoms with E-state index >= 15 is 0 Å². The number of benzene rings is 1. The molecule has 0 bridgehead atoms. The number of fused-ring (bicyclic) bond motifs is 1. The molecule has 0 atom stereocenters. The molecule has 1 aromatic rings. The molecule has 0 radical (unpaired) electrons. The molecule has 3 rings (SSSR count). The maximum Gasteiger partial charge on any atom is 0.262 e. The molecule has 0 saturated heterocycles. The molecule has 0 unspecified atom stereocenters. The minimum absolute atomic E-state index is 0.223. The summed E-state index contributed by atoms with van der Waals surface area (Å²) >= 11 is 0. The lowest BCUT2D eigenvalue weighted by atomic mass is 10.1. The van der Waals surface area contributed by atoms with E-state index in [4.69, 9.17) is 0 Å². The first kappa shape index (κ1) is 14.7. The fraction of sp³-hybridized carbons (Fsp3) is 0.438. The van der Waals surface area contributed by atoms with E-state index in [1.54, 1.807) is 24.3 Å². The third kappa shape index (κ3) is 2.87. The van der Waals surface area contributed by atoms with Gasteiger partial charge in [-0.2, -0.15) is 0 Å². The SMILES string of the molecule is CN(CCNC(=O)CN1C(=O)c2ccccc2C1=O)C1CC1. The van der Waals surface area contributed by atoms with Crippen LogP contribution in [0.2, 0.25) is 0 Å². The number of rotatable bonds is 6. The minimum Gasteiger partial charge on any atom is -0.353 e. The van der Waals surface area contributed by atoms with Crippen molar-refractivity contribution in [3.63, 3.8) is 0 Å². The van der Waals surface area contributed by atoms with Crippen LogP contribution in [0, 0.1) is 0 Å². The number of carbonyl (C=O) groups excluding carboxylic acids is 3. The summed E-state index contributed by atoms with van der Waals surface area (Å²) in [6.07, 6.45) is 2.44. The van der Waals surface area contributed by atoms with Gasteiger partial charge in [-0.1, -0.05) is 12.1 Å². The summed E-state index contributed by atoms with van der Waals surface area (Å²) in [5.41, 5.74) is 0.738. The number of carbonyl (C=O) groups is 3. The summed E-state index contributed by atoms with van der Waals surface area (Å²) in [6.45, 7) is 1.08. The van der Waals surface area contributed by atoms with E-state index in [1.165, 1.54) is 12.8 Å². The van der Waals surface area contributed by atoms with E-state index in [-0.39, 0.29) is 12.5 Å². The smallest absolute Gasteiger partial charge is 0.262 e. The van der Waals surface area contributed by atoms with Crippen LogP contribution < -0.4 is 5.32 Å². The average Bonchev–Trinajstić information content (AvgIpc) is 3.33.